The zero-order chi connectivity index (χ0) is 16.1. The molecule has 0 radical (unpaired) electrons. The van der Waals surface area contributed by atoms with E-state index in [1.807, 2.05) is 28.9 Å². The molecule has 0 atom stereocenters. The van der Waals surface area contributed by atoms with Crippen LogP contribution in [-0.4, -0.2) is 45.2 Å². The number of halogens is 1. The lowest BCUT2D eigenvalue weighted by Crippen LogP contribution is -2.36. The van der Waals surface area contributed by atoms with E-state index in [1.165, 1.54) is 0 Å². The number of carbonyl (C=O) groups excluding carboxylic acids is 1. The van der Waals surface area contributed by atoms with Crippen molar-refractivity contribution >= 4 is 27.5 Å². The van der Waals surface area contributed by atoms with E-state index in [1.54, 1.807) is 12.7 Å². The van der Waals surface area contributed by atoms with Gasteiger partial charge in [0.1, 0.15) is 12.7 Å². The Kier molecular flexibility index (Phi) is 5.40. The molecule has 1 aromatic carbocycles. The summed E-state index contributed by atoms with van der Waals surface area (Å²) >= 11 is 3.44. The van der Waals surface area contributed by atoms with Gasteiger partial charge in [-0.2, -0.15) is 5.10 Å². The monoisotopic (exact) mass is 377 g/mol. The van der Waals surface area contributed by atoms with Crippen LogP contribution in [0.1, 0.15) is 25.3 Å². The summed E-state index contributed by atoms with van der Waals surface area (Å²) in [5.41, 5.74) is 0.822. The van der Waals surface area contributed by atoms with Gasteiger partial charge in [0.25, 0.3) is 0 Å². The van der Waals surface area contributed by atoms with Crippen LogP contribution in [0.15, 0.2) is 41.4 Å². The first-order valence-corrected chi connectivity index (χ1v) is 8.62. The van der Waals surface area contributed by atoms with Crippen LogP contribution < -0.4 is 5.32 Å². The Balaban J connectivity index is 1.41. The second-order valence-corrected chi connectivity index (χ2v) is 6.58. The Morgan fingerprint density at radius 2 is 2.09 bits per heavy atom. The molecule has 0 saturated carbocycles. The maximum absolute atomic E-state index is 12.1. The number of hydrogen-bond acceptors (Lipinski definition) is 4. The number of benzene rings is 1. The molecule has 1 aliphatic rings. The van der Waals surface area contributed by atoms with Crippen LogP contribution in [0.25, 0.3) is 0 Å². The van der Waals surface area contributed by atoms with Gasteiger partial charge in [0.15, 0.2) is 0 Å². The molecule has 0 unspecified atom stereocenters. The third-order valence-corrected chi connectivity index (χ3v) is 4.86. The topological polar surface area (TPSA) is 63.1 Å². The van der Waals surface area contributed by atoms with E-state index in [-0.39, 0.29) is 5.91 Å². The molecule has 1 saturated heterocycles. The molecule has 7 heteroatoms. The molecule has 0 aliphatic carbocycles. The quantitative estimate of drug-likeness (QED) is 0.869. The summed E-state index contributed by atoms with van der Waals surface area (Å²) in [5.74, 6) is 0.0512. The van der Waals surface area contributed by atoms with Crippen molar-refractivity contribution in [2.45, 2.75) is 25.3 Å². The van der Waals surface area contributed by atoms with Crippen LogP contribution in [-0.2, 0) is 4.79 Å². The molecular weight excluding hydrogens is 358 g/mol. The van der Waals surface area contributed by atoms with Crippen LogP contribution in [0, 0.1) is 0 Å². The molecule has 2 aromatic rings. The van der Waals surface area contributed by atoms with Crippen molar-refractivity contribution in [1.29, 1.82) is 0 Å². The fourth-order valence-electron chi connectivity index (χ4n) is 2.85. The van der Waals surface area contributed by atoms with Gasteiger partial charge in [-0.05, 0) is 40.9 Å². The van der Waals surface area contributed by atoms with E-state index in [0.717, 1.165) is 42.6 Å². The van der Waals surface area contributed by atoms with Gasteiger partial charge in [-0.15, -0.1) is 0 Å². The Morgan fingerprint density at radius 1 is 1.30 bits per heavy atom. The van der Waals surface area contributed by atoms with Crippen LogP contribution in [0.5, 0.6) is 0 Å². The maximum Gasteiger partial charge on any atom is 0.225 e. The number of para-hydroxylation sites is 1. The number of anilines is 1. The molecule has 1 amide bonds. The van der Waals surface area contributed by atoms with E-state index in [0.29, 0.717) is 12.5 Å². The first-order chi connectivity index (χ1) is 11.2. The van der Waals surface area contributed by atoms with Crippen molar-refractivity contribution in [3.05, 3.63) is 41.4 Å². The van der Waals surface area contributed by atoms with Gasteiger partial charge in [-0.1, -0.05) is 12.1 Å². The lowest BCUT2D eigenvalue weighted by molar-refractivity contribution is -0.116. The number of aromatic nitrogens is 3. The number of piperidine rings is 1. The highest BCUT2D eigenvalue weighted by Crippen LogP contribution is 2.22. The molecule has 23 heavy (non-hydrogen) atoms. The van der Waals surface area contributed by atoms with E-state index in [2.05, 4.69) is 36.2 Å². The van der Waals surface area contributed by atoms with Crippen molar-refractivity contribution in [1.82, 2.24) is 19.7 Å². The summed E-state index contributed by atoms with van der Waals surface area (Å²) in [7, 11) is 0. The number of nitrogens with one attached hydrogen (secondary N) is 1. The van der Waals surface area contributed by atoms with Crippen molar-refractivity contribution < 1.29 is 4.79 Å². The number of likely N-dealkylation sites (tertiary alicyclic amines) is 1. The molecule has 122 valence electrons. The highest BCUT2D eigenvalue weighted by molar-refractivity contribution is 9.10. The van der Waals surface area contributed by atoms with Gasteiger partial charge in [-0.3, -0.25) is 4.79 Å². The van der Waals surface area contributed by atoms with Crippen molar-refractivity contribution in [3.63, 3.8) is 0 Å². The van der Waals surface area contributed by atoms with Gasteiger partial charge in [0, 0.05) is 30.5 Å². The van der Waals surface area contributed by atoms with E-state index >= 15 is 0 Å². The highest BCUT2D eigenvalue weighted by atomic mass is 79.9. The van der Waals surface area contributed by atoms with Gasteiger partial charge in [0.05, 0.1) is 11.7 Å². The number of hydrogen-bond donors (Lipinski definition) is 1. The summed E-state index contributed by atoms with van der Waals surface area (Å²) in [4.78, 5) is 18.4. The normalized spacial score (nSPS) is 16.4. The van der Waals surface area contributed by atoms with Gasteiger partial charge in [0.2, 0.25) is 5.91 Å². The minimum atomic E-state index is 0.0512. The van der Waals surface area contributed by atoms with Crippen LogP contribution >= 0.6 is 15.9 Å². The Bertz CT molecular complexity index is 638. The molecule has 1 N–H and O–H groups in total. The zero-order valence-corrected chi connectivity index (χ0v) is 14.4. The van der Waals surface area contributed by atoms with Crippen molar-refractivity contribution in [2.24, 2.45) is 0 Å². The molecule has 1 fully saturated rings. The molecule has 6 nitrogen and oxygen atoms in total. The SMILES string of the molecule is O=C(CCN1CCC(n2cncn2)CC1)Nc1ccccc1Br. The average molecular weight is 378 g/mol. The Morgan fingerprint density at radius 3 is 2.78 bits per heavy atom. The van der Waals surface area contributed by atoms with Gasteiger partial charge in [-0.25, -0.2) is 9.67 Å². The smallest absolute Gasteiger partial charge is 0.225 e. The molecule has 0 spiro atoms. The molecule has 0 bridgehead atoms. The molecule has 2 heterocycles. The fourth-order valence-corrected chi connectivity index (χ4v) is 3.23. The predicted molar refractivity (Wildman–Crippen MR) is 92.1 cm³/mol. The molecule has 1 aromatic heterocycles. The lowest BCUT2D eigenvalue weighted by Gasteiger charge is -2.31. The minimum Gasteiger partial charge on any atom is -0.325 e. The van der Waals surface area contributed by atoms with Gasteiger partial charge < -0.3 is 10.2 Å². The maximum atomic E-state index is 12.1. The van der Waals surface area contributed by atoms with Crippen LogP contribution in [0.4, 0.5) is 5.69 Å². The van der Waals surface area contributed by atoms with E-state index in [4.69, 9.17) is 0 Å². The fraction of sp³-hybridized carbons (Fsp3) is 0.438. The van der Waals surface area contributed by atoms with E-state index in [9.17, 15) is 4.79 Å². The standard InChI is InChI=1S/C16H20BrN5O/c17-14-3-1-2-4-15(14)20-16(23)7-10-21-8-5-13(6-9-21)22-12-18-11-19-22/h1-4,11-13H,5-10H2,(H,20,23). The van der Waals surface area contributed by atoms with Crippen molar-refractivity contribution in [3.8, 4) is 0 Å². The molecule has 3 rings (SSSR count). The third kappa shape index (κ3) is 4.39. The molecule has 1 aliphatic heterocycles. The van der Waals surface area contributed by atoms with Crippen LogP contribution in [0.3, 0.4) is 0 Å². The molecular formula is C16H20BrN5O. The summed E-state index contributed by atoms with van der Waals surface area (Å²) in [5, 5.41) is 7.16. The lowest BCUT2D eigenvalue weighted by atomic mass is 10.1. The number of rotatable bonds is 5. The summed E-state index contributed by atoms with van der Waals surface area (Å²) < 4.78 is 2.85. The number of amides is 1. The number of nitrogens with zero attached hydrogens (tertiary/aromatic N) is 4. The van der Waals surface area contributed by atoms with Crippen LogP contribution in [0.2, 0.25) is 0 Å². The summed E-state index contributed by atoms with van der Waals surface area (Å²) in [6, 6.07) is 8.09. The van der Waals surface area contributed by atoms with E-state index < -0.39 is 0 Å². The largest absolute Gasteiger partial charge is 0.325 e. The summed E-state index contributed by atoms with van der Waals surface area (Å²) in [6.45, 7) is 2.78. The number of carbonyl (C=O) groups is 1. The Hall–Kier alpha value is -1.73. The Labute approximate surface area is 144 Å². The van der Waals surface area contributed by atoms with Gasteiger partial charge >= 0.3 is 0 Å². The second-order valence-electron chi connectivity index (χ2n) is 5.73. The second kappa shape index (κ2) is 7.70. The zero-order valence-electron chi connectivity index (χ0n) is 12.9. The first-order valence-electron chi connectivity index (χ1n) is 7.83. The highest BCUT2D eigenvalue weighted by Gasteiger charge is 2.21. The average Bonchev–Trinajstić information content (AvgIpc) is 3.10. The van der Waals surface area contributed by atoms with Crippen molar-refractivity contribution in [2.75, 3.05) is 25.0 Å². The predicted octanol–water partition coefficient (Wildman–Crippen LogP) is 2.71. The summed E-state index contributed by atoms with van der Waals surface area (Å²) in [6.07, 6.45) is 5.98. The first kappa shape index (κ1) is 16.1. The third-order valence-electron chi connectivity index (χ3n) is 4.17. The minimum absolute atomic E-state index is 0.0512.